The molecular formula is C13H20N2O3. The molecule has 100 valence electrons. The lowest BCUT2D eigenvalue weighted by molar-refractivity contribution is -0.149. The summed E-state index contributed by atoms with van der Waals surface area (Å²) in [5.74, 6) is -2.16. The Balaban J connectivity index is 2.59. The number of carbonyl (C=O) groups excluding carboxylic acids is 1. The highest BCUT2D eigenvalue weighted by molar-refractivity contribution is 5.84. The third-order valence-electron chi connectivity index (χ3n) is 3.43. The largest absolute Gasteiger partial charge is 0.481 e. The maximum Gasteiger partial charge on any atom is 0.307 e. The van der Waals surface area contributed by atoms with E-state index in [1.165, 1.54) is 0 Å². The van der Waals surface area contributed by atoms with Crippen LogP contribution >= 0.6 is 0 Å². The van der Waals surface area contributed by atoms with Crippen LogP contribution in [0.15, 0.2) is 0 Å². The van der Waals surface area contributed by atoms with Crippen molar-refractivity contribution >= 4 is 11.9 Å². The average molecular weight is 252 g/mol. The fourth-order valence-electron chi connectivity index (χ4n) is 2.22. The lowest BCUT2D eigenvalue weighted by Gasteiger charge is -2.28. The van der Waals surface area contributed by atoms with Crippen molar-refractivity contribution in [2.45, 2.75) is 39.5 Å². The van der Waals surface area contributed by atoms with E-state index < -0.39 is 23.2 Å². The minimum Gasteiger partial charge on any atom is -0.481 e. The van der Waals surface area contributed by atoms with Crippen LogP contribution in [0.2, 0.25) is 0 Å². The van der Waals surface area contributed by atoms with E-state index >= 15 is 0 Å². The summed E-state index contributed by atoms with van der Waals surface area (Å²) in [6, 6.07) is 2.10. The molecule has 1 fully saturated rings. The Labute approximate surface area is 107 Å². The second-order valence-electron chi connectivity index (χ2n) is 5.55. The van der Waals surface area contributed by atoms with E-state index in [-0.39, 0.29) is 12.5 Å². The van der Waals surface area contributed by atoms with E-state index in [9.17, 15) is 9.59 Å². The zero-order valence-electron chi connectivity index (χ0n) is 10.9. The van der Waals surface area contributed by atoms with Gasteiger partial charge in [0.05, 0.1) is 23.3 Å². The highest BCUT2D eigenvalue weighted by Crippen LogP contribution is 2.30. The topological polar surface area (TPSA) is 90.2 Å². The molecular weight excluding hydrogens is 232 g/mol. The zero-order chi connectivity index (χ0) is 13.8. The summed E-state index contributed by atoms with van der Waals surface area (Å²) < 4.78 is 0. The Morgan fingerprint density at radius 1 is 1.33 bits per heavy atom. The summed E-state index contributed by atoms with van der Waals surface area (Å²) in [5, 5.41) is 20.7. The monoisotopic (exact) mass is 252 g/mol. The molecule has 0 radical (unpaired) electrons. The molecule has 1 saturated carbocycles. The van der Waals surface area contributed by atoms with E-state index in [1.807, 2.05) is 0 Å². The van der Waals surface area contributed by atoms with E-state index in [2.05, 4.69) is 11.4 Å². The number of carbonyl (C=O) groups is 2. The van der Waals surface area contributed by atoms with Crippen molar-refractivity contribution in [3.8, 4) is 6.07 Å². The second-order valence-corrected chi connectivity index (χ2v) is 5.55. The van der Waals surface area contributed by atoms with Gasteiger partial charge >= 0.3 is 5.97 Å². The first-order valence-electron chi connectivity index (χ1n) is 6.29. The summed E-state index contributed by atoms with van der Waals surface area (Å²) in [5.41, 5.74) is -0.622. The van der Waals surface area contributed by atoms with Gasteiger partial charge in [0, 0.05) is 6.54 Å². The zero-order valence-corrected chi connectivity index (χ0v) is 10.9. The molecule has 2 N–H and O–H groups in total. The first-order valence-corrected chi connectivity index (χ1v) is 6.29. The first-order chi connectivity index (χ1) is 8.37. The van der Waals surface area contributed by atoms with Crippen LogP contribution in [0.25, 0.3) is 0 Å². The summed E-state index contributed by atoms with van der Waals surface area (Å²) in [6.45, 7) is 3.73. The quantitative estimate of drug-likeness (QED) is 0.794. The third-order valence-corrected chi connectivity index (χ3v) is 3.43. The van der Waals surface area contributed by atoms with Gasteiger partial charge in [0.15, 0.2) is 0 Å². The van der Waals surface area contributed by atoms with Crippen molar-refractivity contribution in [1.29, 1.82) is 5.26 Å². The van der Waals surface area contributed by atoms with Gasteiger partial charge in [0.1, 0.15) is 0 Å². The molecule has 1 aliphatic carbocycles. The van der Waals surface area contributed by atoms with Crippen molar-refractivity contribution in [3.05, 3.63) is 0 Å². The number of rotatable bonds is 4. The second kappa shape index (κ2) is 5.85. The van der Waals surface area contributed by atoms with Gasteiger partial charge in [-0.3, -0.25) is 9.59 Å². The van der Waals surface area contributed by atoms with E-state index in [0.29, 0.717) is 12.8 Å². The van der Waals surface area contributed by atoms with Crippen LogP contribution in [0.3, 0.4) is 0 Å². The number of nitriles is 1. The highest BCUT2D eigenvalue weighted by Gasteiger charge is 2.36. The Morgan fingerprint density at radius 2 is 1.89 bits per heavy atom. The summed E-state index contributed by atoms with van der Waals surface area (Å²) in [4.78, 5) is 23.1. The molecule has 0 aromatic carbocycles. The van der Waals surface area contributed by atoms with Gasteiger partial charge in [0.2, 0.25) is 5.91 Å². The molecule has 0 heterocycles. The molecule has 0 unspecified atom stereocenters. The number of carboxylic acids is 1. The molecule has 2 atom stereocenters. The fourth-order valence-corrected chi connectivity index (χ4v) is 2.22. The molecule has 0 bridgehead atoms. The molecule has 5 nitrogen and oxygen atoms in total. The van der Waals surface area contributed by atoms with Crippen molar-refractivity contribution in [2.75, 3.05) is 6.54 Å². The number of amides is 1. The van der Waals surface area contributed by atoms with Gasteiger partial charge < -0.3 is 10.4 Å². The van der Waals surface area contributed by atoms with Gasteiger partial charge in [-0.1, -0.05) is 12.8 Å². The predicted octanol–water partition coefficient (Wildman–Crippen LogP) is 1.54. The van der Waals surface area contributed by atoms with Crippen molar-refractivity contribution in [3.63, 3.8) is 0 Å². The molecule has 0 aromatic heterocycles. The molecule has 0 aliphatic heterocycles. The Bertz CT molecular complexity index is 371. The number of aliphatic carboxylic acids is 1. The van der Waals surface area contributed by atoms with Crippen LogP contribution in [0.1, 0.15) is 39.5 Å². The summed E-state index contributed by atoms with van der Waals surface area (Å²) >= 11 is 0. The molecule has 5 heteroatoms. The number of hydrogen-bond acceptors (Lipinski definition) is 3. The first kappa shape index (κ1) is 14.5. The molecule has 0 spiro atoms. The van der Waals surface area contributed by atoms with Gasteiger partial charge in [-0.25, -0.2) is 0 Å². The Morgan fingerprint density at radius 3 is 2.39 bits per heavy atom. The smallest absolute Gasteiger partial charge is 0.307 e. The highest BCUT2D eigenvalue weighted by atomic mass is 16.4. The number of carboxylic acid groups (broad SMARTS) is 1. The SMILES string of the molecule is CC(C)(C#N)CNC(=O)[C@@H]1CCCC[C@@H]1C(=O)O. The molecule has 0 aromatic rings. The van der Waals surface area contributed by atoms with E-state index in [0.717, 1.165) is 12.8 Å². The maximum absolute atomic E-state index is 12.0. The third kappa shape index (κ3) is 3.73. The molecule has 1 amide bonds. The van der Waals surface area contributed by atoms with Crippen LogP contribution in [0.4, 0.5) is 0 Å². The molecule has 1 rings (SSSR count). The molecule has 0 saturated heterocycles. The number of hydrogen-bond donors (Lipinski definition) is 2. The van der Waals surface area contributed by atoms with Gasteiger partial charge in [-0.2, -0.15) is 5.26 Å². The fraction of sp³-hybridized carbons (Fsp3) is 0.769. The Hall–Kier alpha value is -1.57. The van der Waals surface area contributed by atoms with Gasteiger partial charge in [-0.15, -0.1) is 0 Å². The standard InChI is InChI=1S/C13H20N2O3/c1-13(2,7-14)8-15-11(16)9-5-3-4-6-10(9)12(17)18/h9-10H,3-6,8H2,1-2H3,(H,15,16)(H,17,18)/t9-,10+/m1/s1. The van der Waals surface area contributed by atoms with Crippen LogP contribution in [0, 0.1) is 28.6 Å². The van der Waals surface area contributed by atoms with Crippen LogP contribution in [0.5, 0.6) is 0 Å². The molecule has 18 heavy (non-hydrogen) atoms. The van der Waals surface area contributed by atoms with Gasteiger partial charge in [0.25, 0.3) is 0 Å². The van der Waals surface area contributed by atoms with Crippen LogP contribution in [-0.2, 0) is 9.59 Å². The lowest BCUT2D eigenvalue weighted by atomic mass is 9.78. The van der Waals surface area contributed by atoms with Crippen LogP contribution in [-0.4, -0.2) is 23.5 Å². The lowest BCUT2D eigenvalue weighted by Crippen LogP contribution is -2.42. The Kier molecular flexibility index (Phi) is 4.71. The van der Waals surface area contributed by atoms with E-state index in [1.54, 1.807) is 13.8 Å². The normalized spacial score (nSPS) is 24.1. The molecule has 1 aliphatic rings. The maximum atomic E-state index is 12.0. The van der Waals surface area contributed by atoms with Crippen molar-refractivity contribution < 1.29 is 14.7 Å². The van der Waals surface area contributed by atoms with E-state index in [4.69, 9.17) is 10.4 Å². The van der Waals surface area contributed by atoms with Crippen molar-refractivity contribution in [1.82, 2.24) is 5.32 Å². The van der Waals surface area contributed by atoms with Gasteiger partial charge in [-0.05, 0) is 26.7 Å². The minimum atomic E-state index is -0.894. The number of nitrogens with one attached hydrogen (secondary N) is 1. The average Bonchev–Trinajstić information content (AvgIpc) is 2.36. The number of nitrogens with zero attached hydrogens (tertiary/aromatic N) is 1. The predicted molar refractivity (Wildman–Crippen MR) is 65.5 cm³/mol. The van der Waals surface area contributed by atoms with Crippen LogP contribution < -0.4 is 5.32 Å². The summed E-state index contributed by atoms with van der Waals surface area (Å²) in [7, 11) is 0. The van der Waals surface area contributed by atoms with Crippen molar-refractivity contribution in [2.24, 2.45) is 17.3 Å². The minimum absolute atomic E-state index is 0.231. The summed E-state index contributed by atoms with van der Waals surface area (Å²) in [6.07, 6.45) is 2.94.